The smallest absolute Gasteiger partial charge is 0.231 e. The van der Waals surface area contributed by atoms with E-state index in [1.807, 2.05) is 36.7 Å². The second kappa shape index (κ2) is 9.42. The van der Waals surface area contributed by atoms with Crippen molar-refractivity contribution >= 4 is 46.3 Å². The minimum absolute atomic E-state index is 0.258. The van der Waals surface area contributed by atoms with Crippen LogP contribution in [0.5, 0.6) is 17.2 Å². The lowest BCUT2D eigenvalue weighted by Crippen LogP contribution is -2.10. The molecule has 3 heterocycles. The van der Waals surface area contributed by atoms with Crippen LogP contribution in [0.25, 0.3) is 10.6 Å². The summed E-state index contributed by atoms with van der Waals surface area (Å²) in [6.45, 7) is 2.15. The molecule has 4 aromatic rings. The van der Waals surface area contributed by atoms with Crippen LogP contribution in [0.2, 0.25) is 10.0 Å². The Kier molecular flexibility index (Phi) is 6.38. The zero-order valence-electron chi connectivity index (χ0n) is 17.6. The van der Waals surface area contributed by atoms with E-state index in [2.05, 4.69) is 15.6 Å². The normalized spacial score (nSPS) is 13.3. The molecule has 1 atom stereocenters. The van der Waals surface area contributed by atoms with Gasteiger partial charge in [-0.15, -0.1) is 21.5 Å². The van der Waals surface area contributed by atoms with Crippen molar-refractivity contribution < 1.29 is 14.2 Å². The molecule has 7 nitrogen and oxygen atoms in total. The number of hydrogen-bond donors (Lipinski definition) is 0. The molecule has 5 rings (SSSR count). The van der Waals surface area contributed by atoms with Crippen molar-refractivity contribution in [2.45, 2.75) is 23.9 Å². The molecule has 11 heteroatoms. The molecular weight excluding hydrogens is 503 g/mol. The number of fused-ring (bicyclic) bond motifs is 1. The summed E-state index contributed by atoms with van der Waals surface area (Å²) in [6, 6.07) is 11.0. The predicted molar refractivity (Wildman–Crippen MR) is 130 cm³/mol. The second-order valence-corrected chi connectivity index (χ2v) is 9.88. The fraction of sp³-hybridized carbons (Fsp3) is 0.227. The molecule has 0 aliphatic carbocycles. The van der Waals surface area contributed by atoms with Gasteiger partial charge in [-0.1, -0.05) is 35.0 Å². The van der Waals surface area contributed by atoms with Gasteiger partial charge in [0.05, 0.1) is 10.7 Å². The first-order valence-electron chi connectivity index (χ1n) is 9.96. The van der Waals surface area contributed by atoms with Crippen LogP contribution in [0.1, 0.15) is 24.5 Å². The standard InChI is InChI=1S/C22H18Cl2N4O3S2/c1-12(31-18-8-14(23)4-5-16(18)24)20-26-27-22(28(20)2)33-10-15-9-32-21(25-15)13-3-6-17-19(7-13)30-11-29-17/h3-9,12H,10-11H2,1-2H3. The second-order valence-electron chi connectivity index (χ2n) is 7.24. The molecule has 2 aromatic carbocycles. The molecule has 1 aliphatic rings. The summed E-state index contributed by atoms with van der Waals surface area (Å²) in [5.41, 5.74) is 1.98. The third-order valence-corrected chi connectivity index (χ3v) is 7.49. The van der Waals surface area contributed by atoms with Crippen molar-refractivity contribution in [2.75, 3.05) is 6.79 Å². The third-order valence-electron chi connectivity index (χ3n) is 4.95. The summed E-state index contributed by atoms with van der Waals surface area (Å²) in [7, 11) is 1.91. The largest absolute Gasteiger partial charge is 0.481 e. The van der Waals surface area contributed by atoms with Crippen LogP contribution in [0.15, 0.2) is 46.9 Å². The molecule has 170 valence electrons. The number of halogens is 2. The fourth-order valence-electron chi connectivity index (χ4n) is 3.29. The van der Waals surface area contributed by atoms with E-state index >= 15 is 0 Å². The molecule has 0 saturated heterocycles. The number of ether oxygens (including phenoxy) is 3. The maximum Gasteiger partial charge on any atom is 0.231 e. The molecule has 1 aliphatic heterocycles. The summed E-state index contributed by atoms with van der Waals surface area (Å²) in [5, 5.41) is 13.4. The molecule has 0 fully saturated rings. The van der Waals surface area contributed by atoms with Gasteiger partial charge in [-0.2, -0.15) is 0 Å². The minimum Gasteiger partial charge on any atom is -0.481 e. The highest BCUT2D eigenvalue weighted by atomic mass is 35.5. The van der Waals surface area contributed by atoms with Crippen molar-refractivity contribution in [3.63, 3.8) is 0 Å². The molecular formula is C22H18Cl2N4O3S2. The number of hydrogen-bond acceptors (Lipinski definition) is 8. The van der Waals surface area contributed by atoms with Gasteiger partial charge in [-0.05, 0) is 37.3 Å². The first kappa shape index (κ1) is 22.3. The van der Waals surface area contributed by atoms with Crippen LogP contribution in [0, 0.1) is 0 Å². The molecule has 0 amide bonds. The Morgan fingerprint density at radius 2 is 2.00 bits per heavy atom. The number of thiazole rings is 1. The Balaban J connectivity index is 1.24. The van der Waals surface area contributed by atoms with Crippen molar-refractivity contribution in [3.8, 4) is 27.8 Å². The SMILES string of the molecule is CC(Oc1cc(Cl)ccc1Cl)c1nnc(SCc2csc(-c3ccc4c(c3)OCO4)n2)n1C. The molecule has 1 unspecified atom stereocenters. The summed E-state index contributed by atoms with van der Waals surface area (Å²) >= 11 is 15.4. The fourth-order valence-corrected chi connectivity index (χ4v) is 5.35. The quantitative estimate of drug-likeness (QED) is 0.261. The Hall–Kier alpha value is -2.46. The van der Waals surface area contributed by atoms with Crippen LogP contribution in [-0.4, -0.2) is 26.5 Å². The zero-order chi connectivity index (χ0) is 22.9. The Labute approximate surface area is 208 Å². The van der Waals surface area contributed by atoms with E-state index in [0.29, 0.717) is 27.4 Å². The van der Waals surface area contributed by atoms with E-state index in [-0.39, 0.29) is 12.9 Å². The summed E-state index contributed by atoms with van der Waals surface area (Å²) < 4.78 is 18.7. The zero-order valence-corrected chi connectivity index (χ0v) is 20.8. The van der Waals surface area contributed by atoms with Gasteiger partial charge in [0.25, 0.3) is 0 Å². The van der Waals surface area contributed by atoms with Gasteiger partial charge in [-0.3, -0.25) is 0 Å². The van der Waals surface area contributed by atoms with E-state index < -0.39 is 0 Å². The van der Waals surface area contributed by atoms with Gasteiger partial charge in [0, 0.05) is 34.8 Å². The monoisotopic (exact) mass is 520 g/mol. The van der Waals surface area contributed by atoms with Gasteiger partial charge < -0.3 is 18.8 Å². The Bertz CT molecular complexity index is 1310. The van der Waals surface area contributed by atoms with Crippen LogP contribution >= 0.6 is 46.3 Å². The highest BCUT2D eigenvalue weighted by Gasteiger charge is 2.19. The minimum atomic E-state index is -0.357. The summed E-state index contributed by atoms with van der Waals surface area (Å²) in [4.78, 5) is 4.76. The lowest BCUT2D eigenvalue weighted by atomic mass is 10.2. The van der Waals surface area contributed by atoms with Crippen LogP contribution in [0.3, 0.4) is 0 Å². The van der Waals surface area contributed by atoms with Crippen molar-refractivity contribution in [1.82, 2.24) is 19.7 Å². The molecule has 2 aromatic heterocycles. The summed E-state index contributed by atoms with van der Waals surface area (Å²) in [6.07, 6.45) is -0.357. The van der Waals surface area contributed by atoms with Crippen LogP contribution in [-0.2, 0) is 12.8 Å². The maximum absolute atomic E-state index is 6.21. The summed E-state index contributed by atoms with van der Waals surface area (Å²) in [5.74, 6) is 3.38. The lowest BCUT2D eigenvalue weighted by molar-refractivity contribution is 0.174. The van der Waals surface area contributed by atoms with Gasteiger partial charge in [0.1, 0.15) is 10.8 Å². The van der Waals surface area contributed by atoms with Crippen molar-refractivity contribution in [3.05, 3.63) is 63.3 Å². The molecule has 33 heavy (non-hydrogen) atoms. The van der Waals surface area contributed by atoms with Gasteiger partial charge >= 0.3 is 0 Å². The van der Waals surface area contributed by atoms with E-state index in [4.69, 9.17) is 42.4 Å². The van der Waals surface area contributed by atoms with E-state index in [1.54, 1.807) is 41.3 Å². The van der Waals surface area contributed by atoms with Gasteiger partial charge in [0.2, 0.25) is 6.79 Å². The average molecular weight is 521 g/mol. The lowest BCUT2D eigenvalue weighted by Gasteiger charge is -2.15. The number of thioether (sulfide) groups is 1. The van der Waals surface area contributed by atoms with E-state index in [9.17, 15) is 0 Å². The molecule has 0 bridgehead atoms. The Morgan fingerprint density at radius 1 is 1.15 bits per heavy atom. The highest BCUT2D eigenvalue weighted by Crippen LogP contribution is 2.37. The highest BCUT2D eigenvalue weighted by molar-refractivity contribution is 7.98. The number of aromatic nitrogens is 4. The van der Waals surface area contributed by atoms with Crippen LogP contribution in [0.4, 0.5) is 0 Å². The van der Waals surface area contributed by atoms with E-state index in [0.717, 1.165) is 32.9 Å². The number of nitrogens with zero attached hydrogens (tertiary/aromatic N) is 4. The molecule has 0 radical (unpaired) electrons. The first-order valence-corrected chi connectivity index (χ1v) is 12.6. The topological polar surface area (TPSA) is 71.3 Å². The van der Waals surface area contributed by atoms with Crippen LogP contribution < -0.4 is 14.2 Å². The molecule has 0 spiro atoms. The Morgan fingerprint density at radius 3 is 2.88 bits per heavy atom. The predicted octanol–water partition coefficient (Wildman–Crippen LogP) is 6.41. The molecule has 0 saturated carbocycles. The average Bonchev–Trinajstić information content (AvgIpc) is 3.54. The molecule has 0 N–H and O–H groups in total. The third kappa shape index (κ3) is 4.77. The number of rotatable bonds is 7. The number of benzene rings is 2. The van der Waals surface area contributed by atoms with Crippen molar-refractivity contribution in [1.29, 1.82) is 0 Å². The van der Waals surface area contributed by atoms with E-state index in [1.165, 1.54) is 0 Å². The van der Waals surface area contributed by atoms with Gasteiger partial charge in [0.15, 0.2) is 28.6 Å². The van der Waals surface area contributed by atoms with Gasteiger partial charge in [-0.25, -0.2) is 4.98 Å². The maximum atomic E-state index is 6.21. The van der Waals surface area contributed by atoms with Crippen molar-refractivity contribution in [2.24, 2.45) is 7.05 Å². The first-order chi connectivity index (χ1) is 16.0.